The van der Waals surface area contributed by atoms with Crippen LogP contribution in [0.15, 0.2) is 35.6 Å². The first kappa shape index (κ1) is 9.02. The van der Waals surface area contributed by atoms with Crippen molar-refractivity contribution >= 4 is 0 Å². The normalized spacial score (nSPS) is 14.7. The molecule has 1 nitrogen and oxygen atoms in total. The summed E-state index contributed by atoms with van der Waals surface area (Å²) in [4.78, 5) is 0. The summed E-state index contributed by atoms with van der Waals surface area (Å²) in [6.07, 6.45) is 7.50. The molecule has 0 saturated carbocycles. The van der Waals surface area contributed by atoms with E-state index < -0.39 is 0 Å². The second-order valence-electron chi connectivity index (χ2n) is 2.22. The van der Waals surface area contributed by atoms with E-state index in [1.54, 1.807) is 13.0 Å². The van der Waals surface area contributed by atoms with Gasteiger partial charge < -0.3 is 5.11 Å². The van der Waals surface area contributed by atoms with Crippen LogP contribution in [0.3, 0.4) is 0 Å². The highest BCUT2D eigenvalue weighted by molar-refractivity contribution is 5.21. The van der Waals surface area contributed by atoms with Crippen LogP contribution in [-0.2, 0) is 0 Å². The maximum atomic E-state index is 8.76. The molecule has 0 saturated heterocycles. The molecule has 0 spiro atoms. The fourth-order valence-corrected chi connectivity index (χ4v) is 0.570. The highest BCUT2D eigenvalue weighted by atomic mass is 16.3. The van der Waals surface area contributed by atoms with Crippen molar-refractivity contribution in [2.24, 2.45) is 0 Å². The second kappa shape index (κ2) is 4.86. The second-order valence-corrected chi connectivity index (χ2v) is 2.22. The van der Waals surface area contributed by atoms with E-state index in [4.69, 9.17) is 5.11 Å². The van der Waals surface area contributed by atoms with E-state index in [1.807, 2.05) is 32.1 Å². The molecule has 0 aromatic heterocycles. The van der Waals surface area contributed by atoms with Gasteiger partial charge in [0.1, 0.15) is 0 Å². The number of aliphatic hydroxyl groups is 1. The van der Waals surface area contributed by atoms with Gasteiger partial charge in [0.05, 0.1) is 5.76 Å². The summed E-state index contributed by atoms with van der Waals surface area (Å²) < 4.78 is 0. The Balaban J connectivity index is 4.05. The molecule has 0 bridgehead atoms. The van der Waals surface area contributed by atoms with Gasteiger partial charge in [-0.2, -0.15) is 0 Å². The van der Waals surface area contributed by atoms with Gasteiger partial charge in [0.2, 0.25) is 0 Å². The molecule has 0 aliphatic heterocycles. The van der Waals surface area contributed by atoms with E-state index >= 15 is 0 Å². The van der Waals surface area contributed by atoms with Gasteiger partial charge in [0, 0.05) is 0 Å². The summed E-state index contributed by atoms with van der Waals surface area (Å²) >= 11 is 0. The van der Waals surface area contributed by atoms with E-state index in [-0.39, 0.29) is 0 Å². The Labute approximate surface area is 62.4 Å². The van der Waals surface area contributed by atoms with Crippen molar-refractivity contribution in [3.63, 3.8) is 0 Å². The molecule has 0 rings (SSSR count). The minimum absolute atomic E-state index is 0.337. The van der Waals surface area contributed by atoms with Crippen LogP contribution in [0.1, 0.15) is 20.8 Å². The molecule has 0 unspecified atom stereocenters. The first-order valence-electron chi connectivity index (χ1n) is 3.33. The van der Waals surface area contributed by atoms with Crippen LogP contribution < -0.4 is 0 Å². The number of allylic oxidation sites excluding steroid dienone is 6. The third-order valence-electron chi connectivity index (χ3n) is 1.02. The first-order chi connectivity index (χ1) is 4.66. The Kier molecular flexibility index (Phi) is 4.38. The number of rotatable bonds is 2. The van der Waals surface area contributed by atoms with Crippen LogP contribution >= 0.6 is 0 Å². The van der Waals surface area contributed by atoms with Gasteiger partial charge in [0.25, 0.3) is 0 Å². The lowest BCUT2D eigenvalue weighted by Gasteiger charge is -1.87. The molecule has 1 heteroatoms. The number of aliphatic hydroxyl groups excluding tert-OH is 1. The van der Waals surface area contributed by atoms with Crippen molar-refractivity contribution in [1.82, 2.24) is 0 Å². The largest absolute Gasteiger partial charge is 0.513 e. The Bertz CT molecular complexity index is 169. The molecule has 0 amide bonds. The molecule has 0 fully saturated rings. The topological polar surface area (TPSA) is 20.2 Å². The van der Waals surface area contributed by atoms with Gasteiger partial charge in [-0.1, -0.05) is 23.8 Å². The van der Waals surface area contributed by atoms with Crippen molar-refractivity contribution < 1.29 is 5.11 Å². The summed E-state index contributed by atoms with van der Waals surface area (Å²) in [5, 5.41) is 8.76. The lowest BCUT2D eigenvalue weighted by molar-refractivity contribution is 0.414. The molecular weight excluding hydrogens is 124 g/mol. The molecule has 0 atom stereocenters. The smallest absolute Gasteiger partial charge is 0.0891 e. The lowest BCUT2D eigenvalue weighted by Crippen LogP contribution is -1.69. The Morgan fingerprint density at radius 3 is 2.20 bits per heavy atom. The van der Waals surface area contributed by atoms with E-state index in [2.05, 4.69) is 0 Å². The molecule has 0 aromatic carbocycles. The van der Waals surface area contributed by atoms with Gasteiger partial charge in [-0.15, -0.1) is 0 Å². The molecule has 0 aliphatic carbocycles. The Hall–Kier alpha value is -0.980. The molecule has 0 aliphatic rings. The highest BCUT2D eigenvalue weighted by Crippen LogP contribution is 1.96. The highest BCUT2D eigenvalue weighted by Gasteiger charge is 1.77. The summed E-state index contributed by atoms with van der Waals surface area (Å²) in [6.45, 7) is 5.60. The zero-order valence-corrected chi connectivity index (χ0v) is 6.76. The van der Waals surface area contributed by atoms with E-state index in [1.165, 1.54) is 0 Å². The van der Waals surface area contributed by atoms with Gasteiger partial charge in [-0.05, 0) is 26.8 Å². The Morgan fingerprint density at radius 2 is 1.80 bits per heavy atom. The fourth-order valence-electron chi connectivity index (χ4n) is 0.570. The van der Waals surface area contributed by atoms with Crippen LogP contribution in [0.4, 0.5) is 0 Å². The average Bonchev–Trinajstić information content (AvgIpc) is 1.85. The predicted molar refractivity (Wildman–Crippen MR) is 45.0 cm³/mol. The third kappa shape index (κ3) is 5.16. The monoisotopic (exact) mass is 138 g/mol. The quantitative estimate of drug-likeness (QED) is 0.459. The maximum absolute atomic E-state index is 8.76. The summed E-state index contributed by atoms with van der Waals surface area (Å²) in [5.41, 5.74) is 1.14. The first-order valence-corrected chi connectivity index (χ1v) is 3.33. The summed E-state index contributed by atoms with van der Waals surface area (Å²) in [7, 11) is 0. The minimum atomic E-state index is 0.337. The van der Waals surface area contributed by atoms with Gasteiger partial charge >= 0.3 is 0 Å². The van der Waals surface area contributed by atoms with Crippen LogP contribution in [0.5, 0.6) is 0 Å². The standard InChI is InChI=1S/C9H14O/c1-4-5-8(2)6-7-9(3)10/h4-7,10H,1-3H3/b5-4-,8-6-,9-7+. The zero-order chi connectivity index (χ0) is 7.98. The fraction of sp³-hybridized carbons (Fsp3) is 0.333. The van der Waals surface area contributed by atoms with Crippen LogP contribution in [-0.4, -0.2) is 5.11 Å². The zero-order valence-electron chi connectivity index (χ0n) is 6.76. The maximum Gasteiger partial charge on any atom is 0.0891 e. The average molecular weight is 138 g/mol. The van der Waals surface area contributed by atoms with Gasteiger partial charge in [0.15, 0.2) is 0 Å². The van der Waals surface area contributed by atoms with Crippen molar-refractivity contribution in [1.29, 1.82) is 0 Å². The summed E-state index contributed by atoms with van der Waals surface area (Å²) in [5.74, 6) is 0.337. The predicted octanol–water partition coefficient (Wildman–Crippen LogP) is 2.97. The SMILES string of the molecule is C\C=C/C(C)=C\C=C(/C)O. The van der Waals surface area contributed by atoms with Crippen molar-refractivity contribution in [3.05, 3.63) is 35.6 Å². The summed E-state index contributed by atoms with van der Waals surface area (Å²) in [6, 6.07) is 0. The molecule has 0 radical (unpaired) electrons. The van der Waals surface area contributed by atoms with Gasteiger partial charge in [-0.25, -0.2) is 0 Å². The van der Waals surface area contributed by atoms with Crippen LogP contribution in [0.25, 0.3) is 0 Å². The Morgan fingerprint density at radius 1 is 1.20 bits per heavy atom. The lowest BCUT2D eigenvalue weighted by atomic mass is 10.2. The van der Waals surface area contributed by atoms with Crippen molar-refractivity contribution in [3.8, 4) is 0 Å². The van der Waals surface area contributed by atoms with Crippen LogP contribution in [0, 0.1) is 0 Å². The van der Waals surface area contributed by atoms with Crippen LogP contribution in [0.2, 0.25) is 0 Å². The molecule has 10 heavy (non-hydrogen) atoms. The number of hydrogen-bond acceptors (Lipinski definition) is 1. The molecule has 0 aromatic rings. The third-order valence-corrected chi connectivity index (χ3v) is 1.02. The van der Waals surface area contributed by atoms with Gasteiger partial charge in [-0.3, -0.25) is 0 Å². The van der Waals surface area contributed by atoms with E-state index in [9.17, 15) is 0 Å². The molecule has 1 N–H and O–H groups in total. The van der Waals surface area contributed by atoms with E-state index in [0.29, 0.717) is 5.76 Å². The molecular formula is C9H14O. The molecule has 0 heterocycles. The minimum Gasteiger partial charge on any atom is -0.513 e. The van der Waals surface area contributed by atoms with Crippen molar-refractivity contribution in [2.45, 2.75) is 20.8 Å². The molecule has 56 valence electrons. The van der Waals surface area contributed by atoms with Crippen molar-refractivity contribution in [2.75, 3.05) is 0 Å². The number of hydrogen-bond donors (Lipinski definition) is 1. The van der Waals surface area contributed by atoms with E-state index in [0.717, 1.165) is 5.57 Å².